The van der Waals surface area contributed by atoms with Crippen LogP contribution in [0.25, 0.3) is 0 Å². The molecule has 0 fully saturated rings. The lowest BCUT2D eigenvalue weighted by atomic mass is 10.2. The Balaban J connectivity index is 1.56. The number of thioether (sulfide) groups is 1. The predicted molar refractivity (Wildman–Crippen MR) is 107 cm³/mol. The van der Waals surface area contributed by atoms with Gasteiger partial charge in [-0.3, -0.25) is 0 Å². The van der Waals surface area contributed by atoms with Crippen molar-refractivity contribution in [2.45, 2.75) is 16.6 Å². The zero-order chi connectivity index (χ0) is 23.4. The van der Waals surface area contributed by atoms with Crippen LogP contribution in [0.15, 0.2) is 71.8 Å². The van der Waals surface area contributed by atoms with Crippen molar-refractivity contribution < 1.29 is 35.9 Å². The van der Waals surface area contributed by atoms with Crippen LogP contribution in [0.4, 0.5) is 42.5 Å². The fourth-order valence-corrected chi connectivity index (χ4v) is 2.94. The molecule has 0 aliphatic carbocycles. The van der Waals surface area contributed by atoms with E-state index in [1.54, 1.807) is 0 Å². The average Bonchev–Trinajstić information content (AvgIpc) is 2.69. The fraction of sp³-hybridized carbons (Fsp3) is 0.100. The number of rotatable bonds is 5. The van der Waals surface area contributed by atoms with E-state index >= 15 is 0 Å². The van der Waals surface area contributed by atoms with Gasteiger partial charge >= 0.3 is 17.7 Å². The summed E-state index contributed by atoms with van der Waals surface area (Å²) in [5, 5.41) is 4.91. The molecule has 0 atom stereocenters. The van der Waals surface area contributed by atoms with Gasteiger partial charge in [-0.05, 0) is 60.3 Å². The zero-order valence-electron chi connectivity index (χ0n) is 15.8. The monoisotopic (exact) mass is 473 g/mol. The van der Waals surface area contributed by atoms with Crippen LogP contribution in [0.3, 0.4) is 0 Å². The summed E-state index contributed by atoms with van der Waals surface area (Å²) < 4.78 is 80.6. The summed E-state index contributed by atoms with van der Waals surface area (Å²) in [6.07, 6.45) is -3.28. The van der Waals surface area contributed by atoms with Crippen LogP contribution in [0.2, 0.25) is 0 Å². The molecular formula is C20H13F6N3O2S. The van der Waals surface area contributed by atoms with Crippen LogP contribution < -0.4 is 15.4 Å². The molecule has 32 heavy (non-hydrogen) atoms. The van der Waals surface area contributed by atoms with Crippen molar-refractivity contribution in [3.05, 3.63) is 72.4 Å². The fourth-order valence-electron chi connectivity index (χ4n) is 2.40. The summed E-state index contributed by atoms with van der Waals surface area (Å²) in [6.45, 7) is 0. The van der Waals surface area contributed by atoms with E-state index in [1.165, 1.54) is 54.7 Å². The lowest BCUT2D eigenvalue weighted by Crippen LogP contribution is -2.19. The van der Waals surface area contributed by atoms with Crippen LogP contribution in [0.5, 0.6) is 11.6 Å². The minimum Gasteiger partial charge on any atom is -0.439 e. The Bertz CT molecular complexity index is 1070. The van der Waals surface area contributed by atoms with Crippen LogP contribution in [0, 0.1) is 0 Å². The quantitative estimate of drug-likeness (QED) is 0.305. The smallest absolute Gasteiger partial charge is 0.439 e. The van der Waals surface area contributed by atoms with Crippen molar-refractivity contribution in [3.8, 4) is 11.6 Å². The van der Waals surface area contributed by atoms with Crippen LogP contribution >= 0.6 is 11.8 Å². The third-order valence-electron chi connectivity index (χ3n) is 3.72. The summed E-state index contributed by atoms with van der Waals surface area (Å²) in [6, 6.07) is 11.4. The van der Waals surface area contributed by atoms with Crippen LogP contribution in [-0.2, 0) is 6.18 Å². The van der Waals surface area contributed by atoms with Crippen molar-refractivity contribution in [1.82, 2.24) is 4.98 Å². The topological polar surface area (TPSA) is 63.2 Å². The first-order valence-corrected chi connectivity index (χ1v) is 9.54. The summed E-state index contributed by atoms with van der Waals surface area (Å²) in [5.41, 5.74) is -4.75. The van der Waals surface area contributed by atoms with Gasteiger partial charge in [0, 0.05) is 16.6 Å². The highest BCUT2D eigenvalue weighted by molar-refractivity contribution is 8.00. The van der Waals surface area contributed by atoms with E-state index in [2.05, 4.69) is 15.6 Å². The molecule has 0 aliphatic rings. The van der Waals surface area contributed by atoms with E-state index in [9.17, 15) is 31.1 Å². The standard InChI is InChI=1S/C20H13F6N3O2S/c21-19(22,23)12-2-1-3-15(10-12)31-17-9-6-14(11-27-17)29-18(30)28-13-4-7-16(8-5-13)32-20(24,25)26/h1-11H,(H2,28,29,30). The molecule has 0 saturated heterocycles. The van der Waals surface area contributed by atoms with Gasteiger partial charge in [-0.15, -0.1) is 0 Å². The minimum atomic E-state index is -4.51. The second-order valence-electron chi connectivity index (χ2n) is 6.16. The van der Waals surface area contributed by atoms with Gasteiger partial charge in [0.25, 0.3) is 0 Å². The van der Waals surface area contributed by atoms with Crippen LogP contribution in [-0.4, -0.2) is 16.5 Å². The van der Waals surface area contributed by atoms with E-state index in [1.807, 2.05) is 0 Å². The number of aromatic nitrogens is 1. The Labute approximate surface area is 181 Å². The maximum Gasteiger partial charge on any atom is 0.446 e. The average molecular weight is 473 g/mol. The van der Waals surface area contributed by atoms with Gasteiger partial charge in [-0.1, -0.05) is 6.07 Å². The summed E-state index contributed by atoms with van der Waals surface area (Å²) in [7, 11) is 0. The molecule has 0 saturated carbocycles. The van der Waals surface area contributed by atoms with Crippen molar-refractivity contribution >= 4 is 29.2 Å². The van der Waals surface area contributed by atoms with E-state index in [0.717, 1.165) is 12.1 Å². The molecule has 168 valence electrons. The maximum absolute atomic E-state index is 12.8. The Hall–Kier alpha value is -3.41. The lowest BCUT2D eigenvalue weighted by Gasteiger charge is -2.11. The van der Waals surface area contributed by atoms with Crippen LogP contribution in [0.1, 0.15) is 5.56 Å². The van der Waals surface area contributed by atoms with E-state index in [-0.39, 0.29) is 39.7 Å². The number of anilines is 2. The van der Waals surface area contributed by atoms with Crippen molar-refractivity contribution in [2.75, 3.05) is 10.6 Å². The molecule has 2 N–H and O–H groups in total. The number of amides is 2. The van der Waals surface area contributed by atoms with Gasteiger partial charge in [0.1, 0.15) is 5.75 Å². The molecule has 0 radical (unpaired) electrons. The third kappa shape index (κ3) is 7.08. The highest BCUT2D eigenvalue weighted by Gasteiger charge is 2.31. The number of nitrogens with zero attached hydrogens (tertiary/aromatic N) is 1. The van der Waals surface area contributed by atoms with Crippen molar-refractivity contribution in [2.24, 2.45) is 0 Å². The first-order chi connectivity index (χ1) is 15.0. The molecule has 2 aromatic carbocycles. The normalized spacial score (nSPS) is 11.7. The van der Waals surface area contributed by atoms with Gasteiger partial charge in [-0.25, -0.2) is 9.78 Å². The summed E-state index contributed by atoms with van der Waals surface area (Å²) in [4.78, 5) is 15.9. The SMILES string of the molecule is O=C(Nc1ccc(SC(F)(F)F)cc1)Nc1ccc(Oc2cccc(C(F)(F)F)c2)nc1. The van der Waals surface area contributed by atoms with E-state index in [0.29, 0.717) is 0 Å². The second kappa shape index (κ2) is 9.39. The molecule has 0 spiro atoms. The molecule has 2 amide bonds. The Kier molecular flexibility index (Phi) is 6.82. The van der Waals surface area contributed by atoms with Gasteiger partial charge in [-0.2, -0.15) is 26.3 Å². The molecule has 1 aromatic heterocycles. The van der Waals surface area contributed by atoms with Gasteiger partial charge in [0.2, 0.25) is 5.88 Å². The molecule has 1 heterocycles. The number of pyridine rings is 1. The molecular weight excluding hydrogens is 460 g/mol. The summed E-state index contributed by atoms with van der Waals surface area (Å²) in [5.74, 6) is -0.0500. The molecule has 0 aliphatic heterocycles. The lowest BCUT2D eigenvalue weighted by molar-refractivity contribution is -0.137. The number of alkyl halides is 6. The van der Waals surface area contributed by atoms with E-state index in [4.69, 9.17) is 4.74 Å². The van der Waals surface area contributed by atoms with Crippen molar-refractivity contribution in [1.29, 1.82) is 0 Å². The number of nitrogens with one attached hydrogen (secondary N) is 2. The Morgan fingerprint density at radius 2 is 1.53 bits per heavy atom. The molecule has 3 aromatic rings. The Morgan fingerprint density at radius 1 is 0.875 bits per heavy atom. The second-order valence-corrected chi connectivity index (χ2v) is 7.30. The predicted octanol–water partition coefficient (Wildman–Crippen LogP) is 7.15. The molecule has 0 unspecified atom stereocenters. The number of carbonyl (C=O) groups is 1. The van der Waals surface area contributed by atoms with Gasteiger partial charge in [0.05, 0.1) is 17.4 Å². The number of ether oxygens (including phenoxy) is 1. The van der Waals surface area contributed by atoms with Gasteiger partial charge in [0.15, 0.2) is 0 Å². The highest BCUT2D eigenvalue weighted by Crippen LogP contribution is 2.37. The number of carbonyl (C=O) groups excluding carboxylic acids is 1. The minimum absolute atomic E-state index is 0.00744. The number of halogens is 6. The summed E-state index contributed by atoms with van der Waals surface area (Å²) >= 11 is -0.269. The zero-order valence-corrected chi connectivity index (χ0v) is 16.6. The molecule has 12 heteroatoms. The largest absolute Gasteiger partial charge is 0.446 e. The number of hydrogen-bond donors (Lipinski definition) is 2. The van der Waals surface area contributed by atoms with Gasteiger partial charge < -0.3 is 15.4 Å². The third-order valence-corrected chi connectivity index (χ3v) is 4.46. The first-order valence-electron chi connectivity index (χ1n) is 8.73. The molecule has 5 nitrogen and oxygen atoms in total. The van der Waals surface area contributed by atoms with E-state index < -0.39 is 23.3 Å². The number of hydrogen-bond acceptors (Lipinski definition) is 4. The number of benzene rings is 2. The number of urea groups is 1. The first kappa shape index (κ1) is 23.3. The van der Waals surface area contributed by atoms with Crippen molar-refractivity contribution in [3.63, 3.8) is 0 Å². The Morgan fingerprint density at radius 3 is 2.12 bits per heavy atom. The highest BCUT2D eigenvalue weighted by atomic mass is 32.2. The molecule has 3 rings (SSSR count). The maximum atomic E-state index is 12.8. The molecule has 0 bridgehead atoms.